The SMILES string of the molecule is Cc1cccc(CN2C[C@]34CC[C@H](C[C@@H]3S2(=O)=O)O4)c1. The Labute approximate surface area is 119 Å². The Morgan fingerprint density at radius 1 is 1.45 bits per heavy atom. The number of benzene rings is 1. The van der Waals surface area contributed by atoms with E-state index in [-0.39, 0.29) is 11.4 Å². The molecule has 0 amide bonds. The minimum atomic E-state index is -3.21. The van der Waals surface area contributed by atoms with Crippen molar-refractivity contribution >= 4 is 10.0 Å². The van der Waals surface area contributed by atoms with Gasteiger partial charge in [-0.15, -0.1) is 0 Å². The fraction of sp³-hybridized carbons (Fsp3) is 0.600. The molecule has 5 heteroatoms. The lowest BCUT2D eigenvalue weighted by Gasteiger charge is -2.21. The molecule has 0 saturated carbocycles. The largest absolute Gasteiger partial charge is 0.369 e. The molecule has 3 aliphatic heterocycles. The number of nitrogens with zero attached hydrogens (tertiary/aromatic N) is 1. The first kappa shape index (κ1) is 12.8. The molecular weight excluding hydrogens is 274 g/mol. The van der Waals surface area contributed by atoms with Crippen LogP contribution in [0.5, 0.6) is 0 Å². The molecule has 3 heterocycles. The van der Waals surface area contributed by atoms with Crippen molar-refractivity contribution in [3.63, 3.8) is 0 Å². The second-order valence-electron chi connectivity index (χ2n) is 6.37. The van der Waals surface area contributed by atoms with Crippen molar-refractivity contribution in [3.8, 4) is 0 Å². The van der Waals surface area contributed by atoms with Crippen LogP contribution < -0.4 is 0 Å². The molecule has 0 radical (unpaired) electrons. The lowest BCUT2D eigenvalue weighted by molar-refractivity contribution is 0.0119. The van der Waals surface area contributed by atoms with E-state index in [1.54, 1.807) is 4.31 Å². The Bertz CT molecular complexity index is 657. The number of sulfonamides is 1. The van der Waals surface area contributed by atoms with Gasteiger partial charge in [-0.3, -0.25) is 0 Å². The summed E-state index contributed by atoms with van der Waals surface area (Å²) in [5, 5.41) is -0.307. The lowest BCUT2D eigenvalue weighted by Crippen LogP contribution is -2.38. The van der Waals surface area contributed by atoms with Gasteiger partial charge in [-0.25, -0.2) is 8.42 Å². The normalized spacial score (nSPS) is 38.2. The van der Waals surface area contributed by atoms with Crippen molar-refractivity contribution < 1.29 is 13.2 Å². The first-order valence-electron chi connectivity index (χ1n) is 7.22. The van der Waals surface area contributed by atoms with Gasteiger partial charge in [0.05, 0.1) is 6.10 Å². The number of hydrogen-bond acceptors (Lipinski definition) is 3. The van der Waals surface area contributed by atoms with Crippen LogP contribution in [0.1, 0.15) is 30.4 Å². The smallest absolute Gasteiger partial charge is 0.220 e. The number of aryl methyl sites for hydroxylation is 1. The van der Waals surface area contributed by atoms with Crippen molar-refractivity contribution in [2.75, 3.05) is 6.54 Å². The molecule has 3 saturated heterocycles. The zero-order valence-electron chi connectivity index (χ0n) is 11.6. The predicted octanol–water partition coefficient (Wildman–Crippen LogP) is 1.83. The van der Waals surface area contributed by atoms with Crippen LogP contribution in [0.25, 0.3) is 0 Å². The third-order valence-corrected chi connectivity index (χ3v) is 7.28. The maximum absolute atomic E-state index is 12.7. The molecule has 4 rings (SSSR count). The van der Waals surface area contributed by atoms with Crippen LogP contribution in [-0.2, 0) is 21.3 Å². The monoisotopic (exact) mass is 293 g/mol. The van der Waals surface area contributed by atoms with Crippen molar-refractivity contribution in [1.82, 2.24) is 4.31 Å². The van der Waals surface area contributed by atoms with Crippen molar-refractivity contribution in [2.24, 2.45) is 0 Å². The fourth-order valence-electron chi connectivity index (χ4n) is 4.05. The van der Waals surface area contributed by atoms with Gasteiger partial charge in [0.2, 0.25) is 10.0 Å². The number of rotatable bonds is 2. The maximum atomic E-state index is 12.7. The Balaban J connectivity index is 1.64. The minimum absolute atomic E-state index is 0.177. The summed E-state index contributed by atoms with van der Waals surface area (Å²) in [6.45, 7) is 3.03. The quantitative estimate of drug-likeness (QED) is 0.836. The van der Waals surface area contributed by atoms with E-state index in [2.05, 4.69) is 6.07 Å². The molecule has 1 aromatic rings. The van der Waals surface area contributed by atoms with E-state index in [1.165, 1.54) is 0 Å². The highest BCUT2D eigenvalue weighted by Gasteiger charge is 2.65. The molecule has 0 aliphatic carbocycles. The Kier molecular flexibility index (Phi) is 2.60. The molecule has 1 aromatic carbocycles. The fourth-order valence-corrected chi connectivity index (χ4v) is 6.39. The summed E-state index contributed by atoms with van der Waals surface area (Å²) >= 11 is 0. The molecule has 0 unspecified atom stereocenters. The highest BCUT2D eigenvalue weighted by molar-refractivity contribution is 7.90. The van der Waals surface area contributed by atoms with Crippen LogP contribution >= 0.6 is 0 Å². The topological polar surface area (TPSA) is 46.6 Å². The van der Waals surface area contributed by atoms with Gasteiger partial charge in [0, 0.05) is 13.1 Å². The average molecular weight is 293 g/mol. The minimum Gasteiger partial charge on any atom is -0.369 e. The highest BCUT2D eigenvalue weighted by atomic mass is 32.2. The summed E-state index contributed by atoms with van der Waals surface area (Å²) in [7, 11) is -3.21. The van der Waals surface area contributed by atoms with Gasteiger partial charge in [0.1, 0.15) is 10.9 Å². The average Bonchev–Trinajstić information content (AvgIpc) is 3.00. The summed E-state index contributed by atoms with van der Waals surface area (Å²) in [6.07, 6.45) is 2.78. The third-order valence-electron chi connectivity index (χ3n) is 4.96. The van der Waals surface area contributed by atoms with Crippen LogP contribution in [0, 0.1) is 6.92 Å². The molecule has 3 atom stereocenters. The summed E-state index contributed by atoms with van der Waals surface area (Å²) in [5.74, 6) is 0. The van der Waals surface area contributed by atoms with Gasteiger partial charge < -0.3 is 4.74 Å². The van der Waals surface area contributed by atoms with Gasteiger partial charge in [-0.1, -0.05) is 29.8 Å². The van der Waals surface area contributed by atoms with Crippen LogP contribution in [-0.4, -0.2) is 36.2 Å². The molecular formula is C15H19NO3S. The molecule has 3 aliphatic rings. The van der Waals surface area contributed by atoms with Crippen LogP contribution in [0.4, 0.5) is 0 Å². The second-order valence-corrected chi connectivity index (χ2v) is 8.49. The first-order chi connectivity index (χ1) is 9.49. The molecule has 20 heavy (non-hydrogen) atoms. The number of ether oxygens (including phenoxy) is 1. The van der Waals surface area contributed by atoms with Crippen LogP contribution in [0.15, 0.2) is 24.3 Å². The Morgan fingerprint density at radius 3 is 3.00 bits per heavy atom. The molecule has 4 nitrogen and oxygen atoms in total. The Morgan fingerprint density at radius 2 is 2.30 bits per heavy atom. The molecule has 108 valence electrons. The van der Waals surface area contributed by atoms with Crippen LogP contribution in [0.2, 0.25) is 0 Å². The summed E-state index contributed by atoms with van der Waals surface area (Å²) in [4.78, 5) is 0. The van der Waals surface area contributed by atoms with E-state index >= 15 is 0 Å². The van der Waals surface area contributed by atoms with Gasteiger partial charge >= 0.3 is 0 Å². The van der Waals surface area contributed by atoms with Gasteiger partial charge in [0.25, 0.3) is 0 Å². The molecule has 3 fully saturated rings. The lowest BCUT2D eigenvalue weighted by atomic mass is 9.88. The zero-order valence-corrected chi connectivity index (χ0v) is 12.4. The second kappa shape index (κ2) is 4.06. The summed E-state index contributed by atoms with van der Waals surface area (Å²) in [5.41, 5.74) is 1.81. The molecule has 2 bridgehead atoms. The molecule has 0 N–H and O–H groups in total. The van der Waals surface area contributed by atoms with Crippen molar-refractivity contribution in [3.05, 3.63) is 35.4 Å². The van der Waals surface area contributed by atoms with Crippen LogP contribution in [0.3, 0.4) is 0 Å². The summed E-state index contributed by atoms with van der Waals surface area (Å²) in [6, 6.07) is 8.06. The van der Waals surface area contributed by atoms with E-state index in [9.17, 15) is 8.42 Å². The van der Waals surface area contributed by atoms with Crippen molar-refractivity contribution in [2.45, 2.75) is 49.7 Å². The summed E-state index contributed by atoms with van der Waals surface area (Å²) < 4.78 is 33.0. The van der Waals surface area contributed by atoms with E-state index in [0.717, 1.165) is 24.0 Å². The van der Waals surface area contributed by atoms with Gasteiger partial charge in [-0.05, 0) is 31.7 Å². The molecule has 1 spiro atoms. The first-order valence-corrected chi connectivity index (χ1v) is 8.72. The van der Waals surface area contributed by atoms with Gasteiger partial charge in [0.15, 0.2) is 0 Å². The zero-order chi connectivity index (χ0) is 14.0. The maximum Gasteiger partial charge on any atom is 0.220 e. The van der Waals surface area contributed by atoms with E-state index in [4.69, 9.17) is 4.74 Å². The number of hydrogen-bond donors (Lipinski definition) is 0. The third kappa shape index (κ3) is 1.70. The van der Waals surface area contributed by atoms with Crippen molar-refractivity contribution in [1.29, 1.82) is 0 Å². The highest BCUT2D eigenvalue weighted by Crippen LogP contribution is 2.52. The Hall–Kier alpha value is -0.910. The van der Waals surface area contributed by atoms with Gasteiger partial charge in [-0.2, -0.15) is 4.31 Å². The molecule has 0 aromatic heterocycles. The van der Waals surface area contributed by atoms with E-state index in [0.29, 0.717) is 19.5 Å². The van der Waals surface area contributed by atoms with E-state index in [1.807, 2.05) is 25.1 Å². The number of fused-ring (bicyclic) bond motifs is 1. The predicted molar refractivity (Wildman–Crippen MR) is 75.8 cm³/mol. The standard InChI is InChI=1S/C15H19NO3S/c1-11-3-2-4-12(7-11)9-16-10-15-6-5-13(19-15)8-14(15)20(16,17)18/h2-4,7,13-14H,5-6,8-10H2,1H3/t13-,14+,15-/m1/s1. The van der Waals surface area contributed by atoms with E-state index < -0.39 is 15.6 Å².